The molecule has 4 N–H and O–H groups in total. The molecule has 5 heteroatoms. The van der Waals surface area contributed by atoms with Gasteiger partial charge in [0.05, 0.1) is 0 Å². The van der Waals surface area contributed by atoms with E-state index in [9.17, 15) is 4.79 Å². The molecule has 0 bridgehead atoms. The maximum atomic E-state index is 11.9. The van der Waals surface area contributed by atoms with E-state index < -0.39 is 0 Å². The fourth-order valence-corrected chi connectivity index (χ4v) is 1.83. The quantitative estimate of drug-likeness (QED) is 0.529. The molecule has 17 heavy (non-hydrogen) atoms. The van der Waals surface area contributed by atoms with Crippen molar-refractivity contribution in [3.8, 4) is 0 Å². The lowest BCUT2D eigenvalue weighted by molar-refractivity contribution is 0.0939. The predicted molar refractivity (Wildman–Crippen MR) is 66.3 cm³/mol. The van der Waals surface area contributed by atoms with Crippen LogP contribution in [0.2, 0.25) is 0 Å². The number of rotatable bonds is 5. The highest BCUT2D eigenvalue weighted by atomic mass is 16.1. The van der Waals surface area contributed by atoms with Crippen LogP contribution in [0.3, 0.4) is 0 Å². The zero-order valence-electron chi connectivity index (χ0n) is 9.99. The van der Waals surface area contributed by atoms with Gasteiger partial charge in [-0.25, -0.2) is 10.8 Å². The summed E-state index contributed by atoms with van der Waals surface area (Å²) in [5.41, 5.74) is 3.17. The number of nitrogens with zero attached hydrogens (tertiary/aromatic N) is 1. The summed E-state index contributed by atoms with van der Waals surface area (Å²) in [5.74, 6) is 5.61. The lowest BCUT2D eigenvalue weighted by Gasteiger charge is -2.13. The number of amides is 1. The Morgan fingerprint density at radius 2 is 2.29 bits per heavy atom. The average Bonchev–Trinajstić information content (AvgIpc) is 3.17. The van der Waals surface area contributed by atoms with Crippen molar-refractivity contribution in [1.82, 2.24) is 10.3 Å². The third-order valence-electron chi connectivity index (χ3n) is 3.46. The zero-order chi connectivity index (χ0) is 12.3. The van der Waals surface area contributed by atoms with Crippen molar-refractivity contribution in [1.29, 1.82) is 0 Å². The molecule has 0 radical (unpaired) electrons. The fraction of sp³-hybridized carbons (Fsp3) is 0.500. The molecular weight excluding hydrogens is 216 g/mol. The topological polar surface area (TPSA) is 80.0 Å². The van der Waals surface area contributed by atoms with Crippen LogP contribution in [0.15, 0.2) is 18.2 Å². The highest BCUT2D eigenvalue weighted by Gasteiger charge is 2.40. The molecule has 1 aromatic heterocycles. The maximum absolute atomic E-state index is 11.9. The van der Waals surface area contributed by atoms with Gasteiger partial charge in [0.1, 0.15) is 11.5 Å². The molecule has 5 nitrogen and oxygen atoms in total. The molecule has 1 aromatic rings. The molecule has 0 aromatic carbocycles. The summed E-state index contributed by atoms with van der Waals surface area (Å²) in [6, 6.07) is 5.15. The van der Waals surface area contributed by atoms with Crippen LogP contribution in [-0.2, 0) is 0 Å². The van der Waals surface area contributed by atoms with Crippen molar-refractivity contribution < 1.29 is 4.79 Å². The Kier molecular flexibility index (Phi) is 3.28. The summed E-state index contributed by atoms with van der Waals surface area (Å²) in [4.78, 5) is 16.0. The minimum atomic E-state index is -0.137. The first-order valence-corrected chi connectivity index (χ1v) is 5.91. The molecule has 0 unspecified atom stereocenters. The van der Waals surface area contributed by atoms with Gasteiger partial charge >= 0.3 is 0 Å². The maximum Gasteiger partial charge on any atom is 0.269 e. The second-order valence-electron chi connectivity index (χ2n) is 4.59. The van der Waals surface area contributed by atoms with Crippen LogP contribution in [0.5, 0.6) is 0 Å². The molecule has 1 heterocycles. The van der Waals surface area contributed by atoms with Crippen LogP contribution in [0, 0.1) is 5.41 Å². The lowest BCUT2D eigenvalue weighted by Crippen LogP contribution is -2.30. The molecular formula is C12H18N4O. The Balaban J connectivity index is 1.95. The van der Waals surface area contributed by atoms with Crippen LogP contribution in [-0.4, -0.2) is 17.4 Å². The van der Waals surface area contributed by atoms with E-state index in [0.29, 0.717) is 16.9 Å². The third kappa shape index (κ3) is 2.74. The van der Waals surface area contributed by atoms with Crippen LogP contribution >= 0.6 is 0 Å². The number of nitrogens with two attached hydrogens (primary N) is 1. The van der Waals surface area contributed by atoms with Crippen molar-refractivity contribution in [2.24, 2.45) is 11.3 Å². The molecule has 1 amide bonds. The number of anilines is 1. The van der Waals surface area contributed by atoms with Gasteiger partial charge in [0.2, 0.25) is 0 Å². The molecule has 1 aliphatic rings. The predicted octanol–water partition coefficient (Wildman–Crippen LogP) is 1.29. The Bertz CT molecular complexity index is 415. The van der Waals surface area contributed by atoms with Crippen LogP contribution in [0.4, 0.5) is 5.82 Å². The summed E-state index contributed by atoms with van der Waals surface area (Å²) >= 11 is 0. The van der Waals surface area contributed by atoms with Crippen molar-refractivity contribution >= 4 is 11.7 Å². The molecule has 0 spiro atoms. The number of hydrazine groups is 1. The number of carbonyl (C=O) groups is 1. The van der Waals surface area contributed by atoms with Crippen molar-refractivity contribution in [2.75, 3.05) is 12.0 Å². The van der Waals surface area contributed by atoms with Gasteiger partial charge in [-0.3, -0.25) is 4.79 Å². The van der Waals surface area contributed by atoms with E-state index in [1.54, 1.807) is 18.2 Å². The normalized spacial score (nSPS) is 16.4. The van der Waals surface area contributed by atoms with E-state index >= 15 is 0 Å². The number of nitrogen functional groups attached to an aromatic ring is 1. The monoisotopic (exact) mass is 234 g/mol. The van der Waals surface area contributed by atoms with E-state index in [2.05, 4.69) is 22.7 Å². The van der Waals surface area contributed by atoms with Crippen LogP contribution in [0.25, 0.3) is 0 Å². The fourth-order valence-electron chi connectivity index (χ4n) is 1.83. The molecule has 1 fully saturated rings. The summed E-state index contributed by atoms with van der Waals surface area (Å²) in [6.45, 7) is 2.90. The first-order valence-electron chi connectivity index (χ1n) is 5.91. The van der Waals surface area contributed by atoms with Gasteiger partial charge in [0.25, 0.3) is 5.91 Å². The number of hydrogen-bond acceptors (Lipinski definition) is 4. The number of pyridine rings is 1. The van der Waals surface area contributed by atoms with E-state index in [-0.39, 0.29) is 5.91 Å². The largest absolute Gasteiger partial charge is 0.350 e. The van der Waals surface area contributed by atoms with Crippen LogP contribution < -0.4 is 16.6 Å². The molecule has 1 aliphatic carbocycles. The average molecular weight is 234 g/mol. The van der Waals surface area contributed by atoms with Crippen molar-refractivity contribution in [2.45, 2.75) is 26.2 Å². The van der Waals surface area contributed by atoms with E-state index in [0.717, 1.165) is 13.0 Å². The standard InChI is InChI=1S/C12H18N4O/c1-2-12(6-7-12)8-14-11(17)9-4-3-5-10(15-9)16-13/h3-5H,2,6-8,13H2,1H3,(H,14,17)(H,15,16). The first-order chi connectivity index (χ1) is 8.19. The van der Waals surface area contributed by atoms with Gasteiger partial charge < -0.3 is 10.7 Å². The number of hydrogen-bond donors (Lipinski definition) is 3. The number of nitrogens with one attached hydrogen (secondary N) is 2. The minimum Gasteiger partial charge on any atom is -0.350 e. The Morgan fingerprint density at radius 1 is 1.53 bits per heavy atom. The summed E-state index contributed by atoms with van der Waals surface area (Å²) in [7, 11) is 0. The molecule has 0 aliphatic heterocycles. The second-order valence-corrected chi connectivity index (χ2v) is 4.59. The molecule has 92 valence electrons. The molecule has 0 saturated heterocycles. The highest BCUT2D eigenvalue weighted by molar-refractivity contribution is 5.92. The Labute approximate surface area is 101 Å². The van der Waals surface area contributed by atoms with E-state index in [1.165, 1.54) is 12.8 Å². The summed E-state index contributed by atoms with van der Waals surface area (Å²) in [5, 5.41) is 2.93. The van der Waals surface area contributed by atoms with E-state index in [1.807, 2.05) is 0 Å². The number of aromatic nitrogens is 1. The van der Waals surface area contributed by atoms with Gasteiger partial charge in [-0.1, -0.05) is 13.0 Å². The van der Waals surface area contributed by atoms with Crippen molar-refractivity contribution in [3.05, 3.63) is 23.9 Å². The smallest absolute Gasteiger partial charge is 0.269 e. The Hall–Kier alpha value is -1.62. The van der Waals surface area contributed by atoms with Gasteiger partial charge in [0, 0.05) is 6.54 Å². The highest BCUT2D eigenvalue weighted by Crippen LogP contribution is 2.47. The van der Waals surface area contributed by atoms with Crippen molar-refractivity contribution in [3.63, 3.8) is 0 Å². The second kappa shape index (κ2) is 4.71. The Morgan fingerprint density at radius 3 is 2.88 bits per heavy atom. The van der Waals surface area contributed by atoms with Gasteiger partial charge in [-0.2, -0.15) is 0 Å². The molecule has 0 atom stereocenters. The number of carbonyl (C=O) groups excluding carboxylic acids is 1. The lowest BCUT2D eigenvalue weighted by atomic mass is 10.0. The van der Waals surface area contributed by atoms with Gasteiger partial charge in [0.15, 0.2) is 0 Å². The molecule has 1 saturated carbocycles. The first kappa shape index (κ1) is 11.9. The van der Waals surface area contributed by atoms with E-state index in [4.69, 9.17) is 5.84 Å². The van der Waals surface area contributed by atoms with Gasteiger partial charge in [-0.05, 0) is 36.8 Å². The summed E-state index contributed by atoms with van der Waals surface area (Å²) in [6.07, 6.45) is 3.54. The zero-order valence-corrected chi connectivity index (χ0v) is 9.99. The molecule has 2 rings (SSSR count). The minimum absolute atomic E-state index is 0.137. The van der Waals surface area contributed by atoms with Crippen LogP contribution in [0.1, 0.15) is 36.7 Å². The SMILES string of the molecule is CCC1(CNC(=O)c2cccc(NN)n2)CC1. The van der Waals surface area contributed by atoms with Gasteiger partial charge in [-0.15, -0.1) is 0 Å². The summed E-state index contributed by atoms with van der Waals surface area (Å²) < 4.78 is 0. The third-order valence-corrected chi connectivity index (χ3v) is 3.46.